The maximum atomic E-state index is 4.60. The van der Waals surface area contributed by atoms with Crippen molar-refractivity contribution in [2.24, 2.45) is 4.99 Å². The molecule has 1 heterocycles. The summed E-state index contributed by atoms with van der Waals surface area (Å²) in [5, 5.41) is 0. The Balaban J connectivity index is 1.89. The third-order valence-corrected chi connectivity index (χ3v) is 5.05. The Labute approximate surface area is 139 Å². The van der Waals surface area contributed by atoms with Crippen molar-refractivity contribution in [1.29, 1.82) is 0 Å². The van der Waals surface area contributed by atoms with E-state index in [4.69, 9.17) is 0 Å². The van der Waals surface area contributed by atoms with Crippen LogP contribution in [0.2, 0.25) is 0 Å². The summed E-state index contributed by atoms with van der Waals surface area (Å²) in [6.45, 7) is 9.06. The SMILES string of the molecule is Cc1ccc(N=Cc2ccc3c(c2)[C@@H](C)CC(C)(C)N3C)cc1. The maximum Gasteiger partial charge on any atom is 0.0630 e. The van der Waals surface area contributed by atoms with E-state index in [1.807, 2.05) is 6.21 Å². The molecule has 1 aliphatic rings. The van der Waals surface area contributed by atoms with Crippen molar-refractivity contribution in [1.82, 2.24) is 0 Å². The minimum Gasteiger partial charge on any atom is -0.369 e. The van der Waals surface area contributed by atoms with Gasteiger partial charge in [0.2, 0.25) is 0 Å². The smallest absolute Gasteiger partial charge is 0.0630 e. The summed E-state index contributed by atoms with van der Waals surface area (Å²) in [5.41, 5.74) is 6.42. The molecule has 1 aliphatic heterocycles. The standard InChI is InChI=1S/C21H26N2/c1-15-6-9-18(10-7-15)22-14-17-8-11-20-19(12-17)16(2)13-21(3,4)23(20)5/h6-12,14,16H,13H2,1-5H3/t16-/m0/s1. The molecule has 0 N–H and O–H groups in total. The number of aliphatic imine (C=N–C) groups is 1. The van der Waals surface area contributed by atoms with Gasteiger partial charge in [-0.15, -0.1) is 0 Å². The summed E-state index contributed by atoms with van der Waals surface area (Å²) in [4.78, 5) is 7.01. The van der Waals surface area contributed by atoms with Crippen LogP contribution in [0.4, 0.5) is 11.4 Å². The zero-order chi connectivity index (χ0) is 16.6. The molecule has 2 aromatic rings. The largest absolute Gasteiger partial charge is 0.369 e. The highest BCUT2D eigenvalue weighted by Gasteiger charge is 2.33. The molecule has 0 saturated heterocycles. The van der Waals surface area contributed by atoms with Crippen LogP contribution in [0.3, 0.4) is 0 Å². The monoisotopic (exact) mass is 306 g/mol. The van der Waals surface area contributed by atoms with Crippen LogP contribution in [-0.4, -0.2) is 18.8 Å². The molecule has 2 heteroatoms. The fraction of sp³-hybridized carbons (Fsp3) is 0.381. The zero-order valence-electron chi connectivity index (χ0n) is 14.8. The number of aryl methyl sites for hydroxylation is 1. The molecule has 3 rings (SSSR count). The number of hydrogen-bond acceptors (Lipinski definition) is 2. The summed E-state index contributed by atoms with van der Waals surface area (Å²) in [5.74, 6) is 0.573. The van der Waals surface area contributed by atoms with Gasteiger partial charge in [0.15, 0.2) is 0 Å². The van der Waals surface area contributed by atoms with Gasteiger partial charge in [-0.3, -0.25) is 4.99 Å². The zero-order valence-corrected chi connectivity index (χ0v) is 14.8. The quantitative estimate of drug-likeness (QED) is 0.672. The molecule has 0 radical (unpaired) electrons. The predicted molar refractivity (Wildman–Crippen MR) is 100 cm³/mol. The van der Waals surface area contributed by atoms with Crippen molar-refractivity contribution >= 4 is 17.6 Å². The highest BCUT2D eigenvalue weighted by Crippen LogP contribution is 2.42. The van der Waals surface area contributed by atoms with Crippen LogP contribution in [-0.2, 0) is 0 Å². The Morgan fingerprint density at radius 3 is 2.52 bits per heavy atom. The van der Waals surface area contributed by atoms with E-state index in [0.717, 1.165) is 5.69 Å². The fourth-order valence-electron chi connectivity index (χ4n) is 3.46. The van der Waals surface area contributed by atoms with Crippen LogP contribution in [0.1, 0.15) is 49.8 Å². The van der Waals surface area contributed by atoms with Gasteiger partial charge in [0.1, 0.15) is 0 Å². The first-order valence-electron chi connectivity index (χ1n) is 8.35. The van der Waals surface area contributed by atoms with Gasteiger partial charge < -0.3 is 4.90 Å². The van der Waals surface area contributed by atoms with E-state index < -0.39 is 0 Å². The Kier molecular flexibility index (Phi) is 4.01. The van der Waals surface area contributed by atoms with E-state index in [2.05, 4.69) is 87.1 Å². The average Bonchev–Trinajstić information content (AvgIpc) is 2.52. The molecule has 120 valence electrons. The minimum absolute atomic E-state index is 0.212. The minimum atomic E-state index is 0.212. The Morgan fingerprint density at radius 2 is 1.83 bits per heavy atom. The van der Waals surface area contributed by atoms with Crippen molar-refractivity contribution in [3.8, 4) is 0 Å². The molecule has 1 atom stereocenters. The second kappa shape index (κ2) is 5.84. The molecule has 0 unspecified atom stereocenters. The molecule has 0 fully saturated rings. The van der Waals surface area contributed by atoms with E-state index >= 15 is 0 Å². The topological polar surface area (TPSA) is 15.6 Å². The number of anilines is 1. The third-order valence-electron chi connectivity index (χ3n) is 5.05. The number of rotatable bonds is 2. The lowest BCUT2D eigenvalue weighted by Crippen LogP contribution is -2.45. The second-order valence-corrected chi connectivity index (χ2v) is 7.39. The number of benzene rings is 2. The van der Waals surface area contributed by atoms with Crippen molar-refractivity contribution < 1.29 is 0 Å². The third kappa shape index (κ3) is 3.17. The first-order valence-corrected chi connectivity index (χ1v) is 8.35. The van der Waals surface area contributed by atoms with Gasteiger partial charge in [-0.1, -0.05) is 30.7 Å². The lowest BCUT2D eigenvalue weighted by molar-refractivity contribution is 0.395. The van der Waals surface area contributed by atoms with Gasteiger partial charge in [-0.2, -0.15) is 0 Å². The van der Waals surface area contributed by atoms with Crippen LogP contribution >= 0.6 is 0 Å². The van der Waals surface area contributed by atoms with Gasteiger partial charge in [0.25, 0.3) is 0 Å². The molecule has 2 nitrogen and oxygen atoms in total. The van der Waals surface area contributed by atoms with Crippen molar-refractivity contribution in [2.45, 2.75) is 45.6 Å². The van der Waals surface area contributed by atoms with E-state index in [1.54, 1.807) is 0 Å². The van der Waals surface area contributed by atoms with Gasteiger partial charge in [-0.25, -0.2) is 0 Å². The number of nitrogens with zero attached hydrogens (tertiary/aromatic N) is 2. The van der Waals surface area contributed by atoms with Crippen LogP contribution in [0.5, 0.6) is 0 Å². The molecule has 0 aliphatic carbocycles. The Hall–Kier alpha value is -2.09. The summed E-state index contributed by atoms with van der Waals surface area (Å²) in [6.07, 6.45) is 3.15. The molecular formula is C21H26N2. The van der Waals surface area contributed by atoms with E-state index in [0.29, 0.717) is 5.92 Å². The second-order valence-electron chi connectivity index (χ2n) is 7.39. The molecule has 0 saturated carbocycles. The molecular weight excluding hydrogens is 280 g/mol. The molecule has 0 bridgehead atoms. The molecule has 2 aromatic carbocycles. The van der Waals surface area contributed by atoms with Crippen LogP contribution < -0.4 is 4.90 Å². The number of fused-ring (bicyclic) bond motifs is 1. The summed E-state index contributed by atoms with van der Waals surface area (Å²) in [6, 6.07) is 15.0. The highest BCUT2D eigenvalue weighted by molar-refractivity contribution is 5.83. The summed E-state index contributed by atoms with van der Waals surface area (Å²) < 4.78 is 0. The number of hydrogen-bond donors (Lipinski definition) is 0. The van der Waals surface area contributed by atoms with Crippen molar-refractivity contribution in [3.63, 3.8) is 0 Å². The van der Waals surface area contributed by atoms with E-state index in [-0.39, 0.29) is 5.54 Å². The van der Waals surface area contributed by atoms with Gasteiger partial charge >= 0.3 is 0 Å². The lowest BCUT2D eigenvalue weighted by Gasteiger charge is -2.45. The van der Waals surface area contributed by atoms with Crippen LogP contribution in [0, 0.1) is 6.92 Å². The first kappa shape index (κ1) is 15.8. The molecule has 0 spiro atoms. The molecule has 23 heavy (non-hydrogen) atoms. The maximum absolute atomic E-state index is 4.60. The normalized spacial score (nSPS) is 19.9. The first-order chi connectivity index (χ1) is 10.9. The fourth-order valence-corrected chi connectivity index (χ4v) is 3.46. The average molecular weight is 306 g/mol. The van der Waals surface area contributed by atoms with E-state index in [9.17, 15) is 0 Å². The summed E-state index contributed by atoms with van der Waals surface area (Å²) >= 11 is 0. The van der Waals surface area contributed by atoms with Crippen molar-refractivity contribution in [3.05, 3.63) is 59.2 Å². The highest BCUT2D eigenvalue weighted by atomic mass is 15.2. The van der Waals surface area contributed by atoms with Gasteiger partial charge in [0, 0.05) is 24.5 Å². The predicted octanol–water partition coefficient (Wildman–Crippen LogP) is 5.47. The van der Waals surface area contributed by atoms with Gasteiger partial charge in [-0.05, 0) is 68.5 Å². The van der Waals surface area contributed by atoms with Crippen LogP contribution in [0.25, 0.3) is 0 Å². The molecule has 0 amide bonds. The Bertz CT molecular complexity index is 726. The van der Waals surface area contributed by atoms with Crippen molar-refractivity contribution in [2.75, 3.05) is 11.9 Å². The van der Waals surface area contributed by atoms with Crippen LogP contribution in [0.15, 0.2) is 47.5 Å². The molecule has 0 aromatic heterocycles. The summed E-state index contributed by atoms with van der Waals surface area (Å²) in [7, 11) is 2.20. The van der Waals surface area contributed by atoms with Gasteiger partial charge in [0.05, 0.1) is 5.69 Å². The lowest BCUT2D eigenvalue weighted by atomic mass is 9.80. The van der Waals surface area contributed by atoms with E-state index in [1.165, 1.54) is 28.8 Å². The Morgan fingerprint density at radius 1 is 1.13 bits per heavy atom.